The van der Waals surface area contributed by atoms with Crippen LogP contribution in [0.1, 0.15) is 24.8 Å². The Balaban J connectivity index is 1.83. The van der Waals surface area contributed by atoms with Crippen molar-refractivity contribution in [3.63, 3.8) is 0 Å². The van der Waals surface area contributed by atoms with Gasteiger partial charge in [0.15, 0.2) is 6.61 Å². The zero-order chi connectivity index (χ0) is 18.5. The standard InChI is InChI=1S/C16H17F3N2O4/c17-16(18,19)10-20-14(24)21-12(22)9-25-13(23)15(7-4-8-15)11-5-2-1-3-6-11/h1-3,5-6H,4,7-10H2,(H2,20,21,22,24). The summed E-state index contributed by atoms with van der Waals surface area (Å²) in [6.45, 7) is -2.31. The average molecular weight is 358 g/mol. The molecule has 1 saturated carbocycles. The number of amides is 3. The Kier molecular flexibility index (Phi) is 5.66. The predicted octanol–water partition coefficient (Wildman–Crippen LogP) is 2.04. The summed E-state index contributed by atoms with van der Waals surface area (Å²) in [5, 5.41) is 3.15. The highest BCUT2D eigenvalue weighted by Crippen LogP contribution is 2.44. The first kappa shape index (κ1) is 18.8. The van der Waals surface area contributed by atoms with E-state index >= 15 is 0 Å². The number of ether oxygens (including phenoxy) is 1. The number of alkyl halides is 3. The van der Waals surface area contributed by atoms with Crippen LogP contribution in [0, 0.1) is 0 Å². The van der Waals surface area contributed by atoms with E-state index in [2.05, 4.69) is 0 Å². The van der Waals surface area contributed by atoms with Gasteiger partial charge in [-0.2, -0.15) is 13.2 Å². The second-order valence-corrected chi connectivity index (χ2v) is 5.72. The van der Waals surface area contributed by atoms with E-state index < -0.39 is 42.7 Å². The van der Waals surface area contributed by atoms with Gasteiger partial charge in [-0.15, -0.1) is 0 Å². The summed E-state index contributed by atoms with van der Waals surface area (Å²) in [4.78, 5) is 35.0. The normalized spacial score (nSPS) is 15.6. The molecule has 6 nitrogen and oxygen atoms in total. The van der Waals surface area contributed by atoms with Gasteiger partial charge in [0.2, 0.25) is 0 Å². The van der Waals surface area contributed by atoms with Gasteiger partial charge in [0.25, 0.3) is 5.91 Å². The Morgan fingerprint density at radius 2 is 1.76 bits per heavy atom. The van der Waals surface area contributed by atoms with Gasteiger partial charge in [-0.25, -0.2) is 4.79 Å². The van der Waals surface area contributed by atoms with Crippen molar-refractivity contribution < 1.29 is 32.3 Å². The van der Waals surface area contributed by atoms with Gasteiger partial charge < -0.3 is 10.1 Å². The van der Waals surface area contributed by atoms with Gasteiger partial charge in [-0.3, -0.25) is 14.9 Å². The van der Waals surface area contributed by atoms with Crippen LogP contribution in [0.25, 0.3) is 0 Å². The molecule has 25 heavy (non-hydrogen) atoms. The summed E-state index contributed by atoms with van der Waals surface area (Å²) in [6, 6.07) is 7.69. The van der Waals surface area contributed by atoms with Crippen molar-refractivity contribution in [2.24, 2.45) is 0 Å². The Labute approximate surface area is 141 Å². The summed E-state index contributed by atoms with van der Waals surface area (Å²) >= 11 is 0. The first-order valence-electron chi connectivity index (χ1n) is 7.60. The van der Waals surface area contributed by atoms with Crippen molar-refractivity contribution in [3.8, 4) is 0 Å². The fourth-order valence-corrected chi connectivity index (χ4v) is 2.55. The summed E-state index contributed by atoms with van der Waals surface area (Å²) in [5.74, 6) is -1.59. The molecule has 0 unspecified atom stereocenters. The molecule has 1 aromatic carbocycles. The number of carbonyl (C=O) groups is 3. The van der Waals surface area contributed by atoms with Crippen molar-refractivity contribution in [1.82, 2.24) is 10.6 Å². The quantitative estimate of drug-likeness (QED) is 0.789. The van der Waals surface area contributed by atoms with Crippen LogP contribution in [0.4, 0.5) is 18.0 Å². The Bertz CT molecular complexity index is 643. The van der Waals surface area contributed by atoms with Crippen LogP contribution in [-0.4, -0.2) is 37.2 Å². The minimum absolute atomic E-state index is 0.587. The van der Waals surface area contributed by atoms with Gasteiger partial charge in [0.1, 0.15) is 6.54 Å². The van der Waals surface area contributed by atoms with E-state index in [9.17, 15) is 27.6 Å². The van der Waals surface area contributed by atoms with Crippen LogP contribution in [0.3, 0.4) is 0 Å². The molecular weight excluding hydrogens is 341 g/mol. The number of benzene rings is 1. The number of hydrogen-bond acceptors (Lipinski definition) is 4. The van der Waals surface area contributed by atoms with E-state index in [1.165, 1.54) is 5.32 Å². The van der Waals surface area contributed by atoms with Gasteiger partial charge in [-0.1, -0.05) is 36.8 Å². The fourth-order valence-electron chi connectivity index (χ4n) is 2.55. The van der Waals surface area contributed by atoms with Gasteiger partial charge in [0.05, 0.1) is 5.41 Å². The lowest BCUT2D eigenvalue weighted by Gasteiger charge is -2.39. The highest BCUT2D eigenvalue weighted by Gasteiger charge is 2.47. The molecule has 2 N–H and O–H groups in total. The first-order chi connectivity index (χ1) is 11.7. The monoisotopic (exact) mass is 358 g/mol. The van der Waals surface area contributed by atoms with Crippen molar-refractivity contribution in [2.45, 2.75) is 30.9 Å². The topological polar surface area (TPSA) is 84.5 Å². The van der Waals surface area contributed by atoms with Gasteiger partial charge in [-0.05, 0) is 18.4 Å². The van der Waals surface area contributed by atoms with E-state index in [1.54, 1.807) is 29.6 Å². The summed E-state index contributed by atoms with van der Waals surface area (Å²) in [7, 11) is 0. The number of carbonyl (C=O) groups excluding carboxylic acids is 3. The third-order valence-corrected chi connectivity index (χ3v) is 3.96. The Hall–Kier alpha value is -2.58. The third-order valence-electron chi connectivity index (χ3n) is 3.96. The second-order valence-electron chi connectivity index (χ2n) is 5.72. The fraction of sp³-hybridized carbons (Fsp3) is 0.438. The molecule has 0 aliphatic heterocycles. The minimum Gasteiger partial charge on any atom is -0.455 e. The van der Waals surface area contributed by atoms with E-state index in [1.807, 2.05) is 6.07 Å². The molecule has 0 atom stereocenters. The molecule has 3 amide bonds. The van der Waals surface area contributed by atoms with E-state index in [0.29, 0.717) is 12.8 Å². The lowest BCUT2D eigenvalue weighted by Crippen LogP contribution is -2.47. The summed E-state index contributed by atoms with van der Waals surface area (Å²) in [6.07, 6.45) is -2.57. The van der Waals surface area contributed by atoms with Crippen LogP contribution in [0.5, 0.6) is 0 Å². The van der Waals surface area contributed by atoms with Crippen molar-refractivity contribution in [3.05, 3.63) is 35.9 Å². The SMILES string of the molecule is O=C(COC(=O)C1(c2ccccc2)CCC1)NC(=O)NCC(F)(F)F. The predicted molar refractivity (Wildman–Crippen MR) is 80.5 cm³/mol. The van der Waals surface area contributed by atoms with E-state index in [4.69, 9.17) is 4.74 Å². The molecular formula is C16H17F3N2O4. The van der Waals surface area contributed by atoms with Crippen molar-refractivity contribution in [1.29, 1.82) is 0 Å². The van der Waals surface area contributed by atoms with Crippen molar-refractivity contribution in [2.75, 3.05) is 13.2 Å². The van der Waals surface area contributed by atoms with Gasteiger partial charge >= 0.3 is 18.2 Å². The number of urea groups is 1. The van der Waals surface area contributed by atoms with E-state index in [-0.39, 0.29) is 0 Å². The Morgan fingerprint density at radius 1 is 1.12 bits per heavy atom. The zero-order valence-corrected chi connectivity index (χ0v) is 13.2. The van der Waals surface area contributed by atoms with Gasteiger partial charge in [0, 0.05) is 0 Å². The second kappa shape index (κ2) is 7.54. The molecule has 1 aromatic rings. The number of esters is 1. The average Bonchev–Trinajstić information content (AvgIpc) is 2.50. The minimum atomic E-state index is -4.58. The first-order valence-corrected chi connectivity index (χ1v) is 7.60. The number of halogens is 3. The molecule has 9 heteroatoms. The molecule has 1 aliphatic carbocycles. The maximum Gasteiger partial charge on any atom is 0.405 e. The number of rotatable bonds is 5. The Morgan fingerprint density at radius 3 is 2.28 bits per heavy atom. The highest BCUT2D eigenvalue weighted by atomic mass is 19.4. The molecule has 0 heterocycles. The van der Waals surface area contributed by atoms with Crippen LogP contribution in [0.15, 0.2) is 30.3 Å². The maximum absolute atomic E-state index is 12.3. The third kappa shape index (κ3) is 4.94. The molecule has 1 fully saturated rings. The molecule has 136 valence electrons. The van der Waals surface area contributed by atoms with Crippen LogP contribution >= 0.6 is 0 Å². The smallest absolute Gasteiger partial charge is 0.405 e. The molecule has 2 rings (SSSR count). The molecule has 0 spiro atoms. The molecule has 0 bridgehead atoms. The summed E-state index contributed by atoms with van der Waals surface area (Å²) < 4.78 is 40.8. The highest BCUT2D eigenvalue weighted by molar-refractivity contribution is 5.96. The largest absolute Gasteiger partial charge is 0.455 e. The molecule has 0 saturated heterocycles. The van der Waals surface area contributed by atoms with Crippen LogP contribution in [-0.2, 0) is 19.7 Å². The molecule has 0 aromatic heterocycles. The van der Waals surface area contributed by atoms with Crippen LogP contribution in [0.2, 0.25) is 0 Å². The number of hydrogen-bond donors (Lipinski definition) is 2. The molecule has 1 aliphatic rings. The van der Waals surface area contributed by atoms with Crippen molar-refractivity contribution >= 4 is 17.9 Å². The molecule has 0 radical (unpaired) electrons. The lowest BCUT2D eigenvalue weighted by molar-refractivity contribution is -0.157. The number of imide groups is 1. The van der Waals surface area contributed by atoms with E-state index in [0.717, 1.165) is 12.0 Å². The number of nitrogens with one attached hydrogen (secondary N) is 2. The maximum atomic E-state index is 12.3. The summed E-state index contributed by atoms with van der Waals surface area (Å²) in [5.41, 5.74) is -0.0188. The van der Waals surface area contributed by atoms with Crippen LogP contribution < -0.4 is 10.6 Å². The lowest BCUT2D eigenvalue weighted by atomic mass is 9.64. The zero-order valence-electron chi connectivity index (χ0n) is 13.2.